The predicted octanol–water partition coefficient (Wildman–Crippen LogP) is 4.52. The third kappa shape index (κ3) is 3.56. The molecule has 1 aromatic carbocycles. The lowest BCUT2D eigenvalue weighted by Gasteiger charge is -2.29. The van der Waals surface area contributed by atoms with Gasteiger partial charge in [-0.15, -0.1) is 0 Å². The Labute approximate surface area is 143 Å². The van der Waals surface area contributed by atoms with Crippen molar-refractivity contribution in [1.29, 1.82) is 0 Å². The number of rotatable bonds is 4. The van der Waals surface area contributed by atoms with Crippen LogP contribution in [0.1, 0.15) is 19.3 Å². The second-order valence-corrected chi connectivity index (χ2v) is 5.98. The number of aromatic nitrogens is 1. The van der Waals surface area contributed by atoms with Crippen molar-refractivity contribution in [3.63, 3.8) is 0 Å². The van der Waals surface area contributed by atoms with Crippen LogP contribution in [-0.2, 0) is 0 Å². The van der Waals surface area contributed by atoms with Crippen LogP contribution < -0.4 is 10.2 Å². The summed E-state index contributed by atoms with van der Waals surface area (Å²) in [4.78, 5) is 16.4. The van der Waals surface area contributed by atoms with E-state index in [0.717, 1.165) is 25.9 Å². The molecular formula is C16H16ClFN4O2. The normalized spacial score (nSPS) is 14.5. The Kier molecular flexibility index (Phi) is 4.80. The van der Waals surface area contributed by atoms with Gasteiger partial charge in [0.25, 0.3) is 0 Å². The number of piperidine rings is 1. The first-order valence-corrected chi connectivity index (χ1v) is 8.05. The van der Waals surface area contributed by atoms with Crippen molar-refractivity contribution >= 4 is 34.5 Å². The zero-order valence-corrected chi connectivity index (χ0v) is 13.6. The molecule has 0 amide bonds. The third-order valence-electron chi connectivity index (χ3n) is 3.94. The van der Waals surface area contributed by atoms with Gasteiger partial charge in [-0.3, -0.25) is 10.1 Å². The van der Waals surface area contributed by atoms with Gasteiger partial charge in [-0.1, -0.05) is 11.6 Å². The monoisotopic (exact) mass is 350 g/mol. The summed E-state index contributed by atoms with van der Waals surface area (Å²) in [6.45, 7) is 1.68. The molecule has 1 N–H and O–H groups in total. The summed E-state index contributed by atoms with van der Waals surface area (Å²) < 4.78 is 14.4. The van der Waals surface area contributed by atoms with Crippen molar-refractivity contribution in [2.75, 3.05) is 23.3 Å². The smallest absolute Gasteiger partial charge is 0.311 e. The molecule has 0 unspecified atom stereocenters. The first-order valence-electron chi connectivity index (χ1n) is 7.67. The van der Waals surface area contributed by atoms with E-state index in [1.165, 1.54) is 24.6 Å². The summed E-state index contributed by atoms with van der Waals surface area (Å²) in [5.74, 6) is -0.385. The average Bonchev–Trinajstić information content (AvgIpc) is 2.55. The Balaban J connectivity index is 1.85. The number of nitrogens with one attached hydrogen (secondary N) is 1. The summed E-state index contributed by atoms with van der Waals surface area (Å²) in [6, 6.07) is 7.27. The van der Waals surface area contributed by atoms with E-state index < -0.39 is 4.92 Å². The molecule has 0 bridgehead atoms. The van der Waals surface area contributed by atoms with Gasteiger partial charge in [0.15, 0.2) is 0 Å². The average molecular weight is 351 g/mol. The van der Waals surface area contributed by atoms with Gasteiger partial charge in [0.1, 0.15) is 11.0 Å². The molecule has 1 saturated heterocycles. The minimum atomic E-state index is -0.565. The van der Waals surface area contributed by atoms with Crippen LogP contribution in [0.25, 0.3) is 0 Å². The number of nitrogens with zero attached hydrogens (tertiary/aromatic N) is 3. The van der Waals surface area contributed by atoms with Crippen molar-refractivity contribution in [3.05, 3.63) is 51.4 Å². The number of pyridine rings is 1. The number of halogens is 2. The summed E-state index contributed by atoms with van der Waals surface area (Å²) >= 11 is 5.79. The van der Waals surface area contributed by atoms with Crippen LogP contribution >= 0.6 is 11.6 Å². The Bertz CT molecular complexity index is 766. The number of anilines is 3. The lowest BCUT2D eigenvalue weighted by molar-refractivity contribution is -0.384. The van der Waals surface area contributed by atoms with E-state index in [4.69, 9.17) is 11.6 Å². The molecule has 0 spiro atoms. The lowest BCUT2D eigenvalue weighted by Crippen LogP contribution is -2.30. The summed E-state index contributed by atoms with van der Waals surface area (Å²) in [5, 5.41) is 13.9. The van der Waals surface area contributed by atoms with Gasteiger partial charge >= 0.3 is 5.69 Å². The molecule has 0 atom stereocenters. The van der Waals surface area contributed by atoms with E-state index >= 15 is 0 Å². The fourth-order valence-corrected chi connectivity index (χ4v) is 2.93. The number of hydrogen-bond acceptors (Lipinski definition) is 5. The predicted molar refractivity (Wildman–Crippen MR) is 91.6 cm³/mol. The van der Waals surface area contributed by atoms with Crippen LogP contribution in [-0.4, -0.2) is 23.0 Å². The highest BCUT2D eigenvalue weighted by molar-refractivity contribution is 6.29. The molecule has 8 heteroatoms. The van der Waals surface area contributed by atoms with E-state index in [1.54, 1.807) is 12.1 Å². The minimum Gasteiger partial charge on any atom is -0.369 e. The summed E-state index contributed by atoms with van der Waals surface area (Å²) in [7, 11) is 0. The van der Waals surface area contributed by atoms with Gasteiger partial charge in [-0.05, 0) is 43.5 Å². The molecule has 2 aromatic rings. The van der Waals surface area contributed by atoms with Gasteiger partial charge < -0.3 is 10.2 Å². The molecule has 6 nitrogen and oxygen atoms in total. The molecule has 1 aliphatic heterocycles. The van der Waals surface area contributed by atoms with Gasteiger partial charge in [0.05, 0.1) is 10.6 Å². The van der Waals surface area contributed by atoms with E-state index in [-0.39, 0.29) is 22.5 Å². The van der Waals surface area contributed by atoms with Crippen molar-refractivity contribution < 1.29 is 9.31 Å². The van der Waals surface area contributed by atoms with Crippen LogP contribution in [0.2, 0.25) is 5.15 Å². The van der Waals surface area contributed by atoms with E-state index in [1.807, 2.05) is 4.90 Å². The van der Waals surface area contributed by atoms with E-state index in [2.05, 4.69) is 10.3 Å². The minimum absolute atomic E-state index is 0.0161. The maximum Gasteiger partial charge on any atom is 0.311 e. The molecule has 1 aliphatic rings. The molecule has 126 valence electrons. The van der Waals surface area contributed by atoms with Crippen LogP contribution in [0.15, 0.2) is 30.3 Å². The zero-order valence-electron chi connectivity index (χ0n) is 12.8. The van der Waals surface area contributed by atoms with Gasteiger partial charge in [-0.25, -0.2) is 9.37 Å². The number of benzene rings is 1. The van der Waals surface area contributed by atoms with Gasteiger partial charge in [0.2, 0.25) is 5.82 Å². The van der Waals surface area contributed by atoms with E-state index in [9.17, 15) is 14.5 Å². The van der Waals surface area contributed by atoms with E-state index in [0.29, 0.717) is 11.4 Å². The summed E-state index contributed by atoms with van der Waals surface area (Å²) in [6.07, 6.45) is 3.28. The molecule has 1 aromatic heterocycles. The molecule has 0 aliphatic carbocycles. The second-order valence-electron chi connectivity index (χ2n) is 5.60. The number of nitro groups is 1. The Morgan fingerprint density at radius 3 is 2.62 bits per heavy atom. The Hall–Kier alpha value is -2.41. The van der Waals surface area contributed by atoms with Crippen LogP contribution in [0.3, 0.4) is 0 Å². The van der Waals surface area contributed by atoms with Crippen LogP contribution in [0.5, 0.6) is 0 Å². The highest BCUT2D eigenvalue weighted by Gasteiger charge is 2.18. The van der Waals surface area contributed by atoms with Crippen LogP contribution in [0, 0.1) is 15.9 Å². The van der Waals surface area contributed by atoms with Gasteiger partial charge in [-0.2, -0.15) is 0 Å². The highest BCUT2D eigenvalue weighted by atomic mass is 35.5. The van der Waals surface area contributed by atoms with Gasteiger partial charge in [0, 0.05) is 24.8 Å². The van der Waals surface area contributed by atoms with Crippen molar-refractivity contribution in [1.82, 2.24) is 4.98 Å². The Morgan fingerprint density at radius 1 is 1.21 bits per heavy atom. The Morgan fingerprint density at radius 2 is 1.96 bits per heavy atom. The fraction of sp³-hybridized carbons (Fsp3) is 0.312. The number of hydrogen-bond donors (Lipinski definition) is 1. The molecule has 3 rings (SSSR count). The third-order valence-corrected chi connectivity index (χ3v) is 4.15. The van der Waals surface area contributed by atoms with Crippen molar-refractivity contribution in [2.45, 2.75) is 19.3 Å². The molecule has 1 fully saturated rings. The SMILES string of the molecule is O=[N+]([O-])c1ccc(Cl)nc1Nc1ccc(N2CCCCC2)c(F)c1. The van der Waals surface area contributed by atoms with Crippen molar-refractivity contribution in [2.24, 2.45) is 0 Å². The standard InChI is InChI=1S/C16H16ClFN4O2/c17-15-7-6-14(22(23)24)16(20-15)19-11-4-5-13(12(18)10-11)21-8-2-1-3-9-21/h4-7,10H,1-3,8-9H2,(H,19,20). The molecular weight excluding hydrogens is 335 g/mol. The maximum absolute atomic E-state index is 14.4. The lowest BCUT2D eigenvalue weighted by atomic mass is 10.1. The molecule has 0 radical (unpaired) electrons. The topological polar surface area (TPSA) is 71.3 Å². The van der Waals surface area contributed by atoms with Crippen molar-refractivity contribution in [3.8, 4) is 0 Å². The highest BCUT2D eigenvalue weighted by Crippen LogP contribution is 2.30. The fourth-order valence-electron chi connectivity index (χ4n) is 2.78. The molecule has 24 heavy (non-hydrogen) atoms. The quantitative estimate of drug-likeness (QED) is 0.499. The largest absolute Gasteiger partial charge is 0.369 e. The second kappa shape index (κ2) is 7.00. The van der Waals surface area contributed by atoms with Crippen LogP contribution in [0.4, 0.5) is 27.3 Å². The maximum atomic E-state index is 14.4. The summed E-state index contributed by atoms with van der Waals surface area (Å²) in [5.41, 5.74) is 0.708. The molecule has 0 saturated carbocycles. The first kappa shape index (κ1) is 16.4. The first-order chi connectivity index (χ1) is 11.5. The molecule has 2 heterocycles. The zero-order chi connectivity index (χ0) is 17.1.